The van der Waals surface area contributed by atoms with Crippen LogP contribution in [-0.2, 0) is 14.6 Å². The van der Waals surface area contributed by atoms with Crippen molar-refractivity contribution in [2.45, 2.75) is 24.5 Å². The van der Waals surface area contributed by atoms with Crippen molar-refractivity contribution < 1.29 is 13.2 Å². The van der Waals surface area contributed by atoms with Gasteiger partial charge in [-0.1, -0.05) is 15.9 Å². The molecule has 0 saturated carbocycles. The number of hydrogen-bond donors (Lipinski definition) is 2. The van der Waals surface area contributed by atoms with Gasteiger partial charge in [0.15, 0.2) is 14.6 Å². The Hall–Kier alpha value is -0.920. The third-order valence-corrected chi connectivity index (χ3v) is 6.85. The number of rotatable bonds is 3. The molecule has 1 fully saturated rings. The van der Waals surface area contributed by atoms with Crippen LogP contribution in [0.25, 0.3) is 0 Å². The summed E-state index contributed by atoms with van der Waals surface area (Å²) >= 11 is 3.40. The Bertz CT molecular complexity index is 652. The maximum Gasteiger partial charge on any atom is 0.245 e. The van der Waals surface area contributed by atoms with E-state index in [1.807, 2.05) is 19.1 Å². The number of benzene rings is 1. The molecule has 0 aromatic heterocycles. The predicted octanol–water partition coefficient (Wildman–Crippen LogP) is 1.86. The minimum absolute atomic E-state index is 0.299. The third-order valence-electron chi connectivity index (χ3n) is 3.95. The Morgan fingerprint density at radius 2 is 1.95 bits per heavy atom. The van der Waals surface area contributed by atoms with Crippen LogP contribution in [0.15, 0.2) is 22.7 Å². The Balaban J connectivity index is 2.29. The molecular formula is C14H19BrN2O3S. The molecule has 7 heteroatoms. The summed E-state index contributed by atoms with van der Waals surface area (Å²) in [7, 11) is -3.49. The van der Waals surface area contributed by atoms with E-state index in [0.717, 1.165) is 16.3 Å². The fraction of sp³-hybridized carbons (Fsp3) is 0.500. The molecule has 0 atom stereocenters. The average Bonchev–Trinajstić information content (AvgIpc) is 2.42. The number of sulfone groups is 1. The summed E-state index contributed by atoms with van der Waals surface area (Å²) in [6, 6.07) is 5.41. The number of piperidine rings is 1. The maximum absolute atomic E-state index is 12.6. The minimum Gasteiger partial charge on any atom is -0.325 e. The maximum atomic E-state index is 12.6. The van der Waals surface area contributed by atoms with Gasteiger partial charge in [0, 0.05) is 16.4 Å². The normalized spacial score (nSPS) is 18.2. The van der Waals surface area contributed by atoms with E-state index in [1.54, 1.807) is 6.07 Å². The fourth-order valence-corrected chi connectivity index (χ4v) is 4.14. The summed E-state index contributed by atoms with van der Waals surface area (Å²) in [5.74, 6) is -0.437. The zero-order valence-corrected chi connectivity index (χ0v) is 14.5. The van der Waals surface area contributed by atoms with E-state index in [0.29, 0.717) is 31.6 Å². The zero-order chi connectivity index (χ0) is 15.7. The molecule has 0 spiro atoms. The second-order valence-electron chi connectivity index (χ2n) is 5.43. The van der Waals surface area contributed by atoms with Gasteiger partial charge in [-0.3, -0.25) is 4.79 Å². The second-order valence-corrected chi connectivity index (χ2v) is 8.61. The number of carbonyl (C=O) groups excluding carboxylic acids is 1. The molecule has 5 nitrogen and oxygen atoms in total. The van der Waals surface area contributed by atoms with Crippen LogP contribution in [0.2, 0.25) is 0 Å². The molecule has 1 aromatic rings. The van der Waals surface area contributed by atoms with E-state index in [-0.39, 0.29) is 0 Å². The molecule has 1 heterocycles. The molecule has 2 N–H and O–H groups in total. The smallest absolute Gasteiger partial charge is 0.245 e. The lowest BCUT2D eigenvalue weighted by molar-refractivity contribution is -0.119. The molecule has 116 valence electrons. The topological polar surface area (TPSA) is 75.3 Å². The SMILES string of the molecule is Cc1cc(NC(=O)C2(S(C)(=O)=O)CCNCC2)ccc1Br. The van der Waals surface area contributed by atoms with Crippen LogP contribution < -0.4 is 10.6 Å². The number of amides is 1. The monoisotopic (exact) mass is 374 g/mol. The van der Waals surface area contributed by atoms with Crippen molar-refractivity contribution in [1.82, 2.24) is 5.32 Å². The van der Waals surface area contributed by atoms with Crippen molar-refractivity contribution in [3.05, 3.63) is 28.2 Å². The van der Waals surface area contributed by atoms with Crippen LogP contribution in [-0.4, -0.2) is 38.4 Å². The van der Waals surface area contributed by atoms with Crippen LogP contribution in [0.1, 0.15) is 18.4 Å². The van der Waals surface area contributed by atoms with E-state index >= 15 is 0 Å². The standard InChI is InChI=1S/C14H19BrN2O3S/c1-10-9-11(3-4-12(10)15)17-13(18)14(21(2,19)20)5-7-16-8-6-14/h3-4,9,16H,5-8H2,1-2H3,(H,17,18). The van der Waals surface area contributed by atoms with Gasteiger partial charge in [0.05, 0.1) is 0 Å². The molecule has 2 rings (SSSR count). The van der Waals surface area contributed by atoms with E-state index in [4.69, 9.17) is 0 Å². The van der Waals surface area contributed by atoms with Gasteiger partial charge in [-0.15, -0.1) is 0 Å². The van der Waals surface area contributed by atoms with Crippen molar-refractivity contribution in [2.24, 2.45) is 0 Å². The average molecular weight is 375 g/mol. The Morgan fingerprint density at radius 3 is 2.48 bits per heavy atom. The highest BCUT2D eigenvalue weighted by Gasteiger charge is 2.48. The van der Waals surface area contributed by atoms with Gasteiger partial charge in [-0.05, 0) is 56.6 Å². The van der Waals surface area contributed by atoms with E-state index < -0.39 is 20.5 Å². The van der Waals surface area contributed by atoms with Gasteiger partial charge < -0.3 is 10.6 Å². The van der Waals surface area contributed by atoms with Crippen molar-refractivity contribution in [2.75, 3.05) is 24.7 Å². The first kappa shape index (κ1) is 16.5. The Labute approximate surface area is 133 Å². The van der Waals surface area contributed by atoms with E-state index in [1.165, 1.54) is 0 Å². The van der Waals surface area contributed by atoms with Crippen LogP contribution in [0.5, 0.6) is 0 Å². The van der Waals surface area contributed by atoms with Gasteiger partial charge in [0.2, 0.25) is 5.91 Å². The number of hydrogen-bond acceptors (Lipinski definition) is 4. The second kappa shape index (κ2) is 6.06. The van der Waals surface area contributed by atoms with Crippen molar-refractivity contribution in [3.8, 4) is 0 Å². The summed E-state index contributed by atoms with van der Waals surface area (Å²) in [6.07, 6.45) is 1.74. The first-order valence-corrected chi connectivity index (χ1v) is 9.43. The Morgan fingerprint density at radius 1 is 1.33 bits per heavy atom. The highest BCUT2D eigenvalue weighted by Crippen LogP contribution is 2.30. The van der Waals surface area contributed by atoms with Crippen LogP contribution in [0.4, 0.5) is 5.69 Å². The molecule has 0 unspecified atom stereocenters. The molecule has 1 saturated heterocycles. The highest BCUT2D eigenvalue weighted by atomic mass is 79.9. The molecular weight excluding hydrogens is 356 g/mol. The van der Waals surface area contributed by atoms with Gasteiger partial charge in [0.1, 0.15) is 0 Å². The molecule has 1 aliphatic heterocycles. The Kier molecular flexibility index (Phi) is 4.75. The lowest BCUT2D eigenvalue weighted by atomic mass is 9.95. The first-order chi connectivity index (χ1) is 9.76. The van der Waals surface area contributed by atoms with Crippen LogP contribution in [0.3, 0.4) is 0 Å². The summed E-state index contributed by atoms with van der Waals surface area (Å²) in [5.41, 5.74) is 1.59. The van der Waals surface area contributed by atoms with Crippen molar-refractivity contribution >= 4 is 37.4 Å². The number of carbonyl (C=O) groups is 1. The quantitative estimate of drug-likeness (QED) is 0.846. The van der Waals surface area contributed by atoms with Gasteiger partial charge in [-0.25, -0.2) is 8.42 Å². The summed E-state index contributed by atoms with van der Waals surface area (Å²) in [4.78, 5) is 12.6. The molecule has 1 aliphatic rings. The lowest BCUT2D eigenvalue weighted by Crippen LogP contribution is -2.55. The molecule has 1 aromatic carbocycles. The number of aryl methyl sites for hydroxylation is 1. The minimum atomic E-state index is -3.49. The summed E-state index contributed by atoms with van der Waals surface area (Å²) in [5, 5.41) is 5.86. The molecule has 1 amide bonds. The van der Waals surface area contributed by atoms with E-state index in [9.17, 15) is 13.2 Å². The lowest BCUT2D eigenvalue weighted by Gasteiger charge is -2.34. The van der Waals surface area contributed by atoms with Crippen molar-refractivity contribution in [3.63, 3.8) is 0 Å². The largest absolute Gasteiger partial charge is 0.325 e. The fourth-order valence-electron chi connectivity index (χ4n) is 2.56. The van der Waals surface area contributed by atoms with Gasteiger partial charge in [-0.2, -0.15) is 0 Å². The van der Waals surface area contributed by atoms with Gasteiger partial charge >= 0.3 is 0 Å². The summed E-state index contributed by atoms with van der Waals surface area (Å²) < 4.78 is 23.9. The van der Waals surface area contributed by atoms with Gasteiger partial charge in [0.25, 0.3) is 0 Å². The third kappa shape index (κ3) is 3.30. The predicted molar refractivity (Wildman–Crippen MR) is 87.2 cm³/mol. The molecule has 0 aliphatic carbocycles. The number of anilines is 1. The zero-order valence-electron chi connectivity index (χ0n) is 12.1. The van der Waals surface area contributed by atoms with E-state index in [2.05, 4.69) is 26.6 Å². The highest BCUT2D eigenvalue weighted by molar-refractivity contribution is 9.10. The summed E-state index contributed by atoms with van der Waals surface area (Å²) in [6.45, 7) is 2.97. The number of halogens is 1. The molecule has 21 heavy (non-hydrogen) atoms. The van der Waals surface area contributed by atoms with Crippen LogP contribution >= 0.6 is 15.9 Å². The van der Waals surface area contributed by atoms with Crippen molar-refractivity contribution in [1.29, 1.82) is 0 Å². The molecule has 0 radical (unpaired) electrons. The first-order valence-electron chi connectivity index (χ1n) is 6.74. The number of nitrogens with one attached hydrogen (secondary N) is 2. The van der Waals surface area contributed by atoms with Crippen LogP contribution in [0, 0.1) is 6.92 Å². The molecule has 0 bridgehead atoms.